The molecule has 0 aliphatic heterocycles. The number of aryl methyl sites for hydroxylation is 1. The van der Waals surface area contributed by atoms with Crippen molar-refractivity contribution in [1.82, 2.24) is 15.0 Å². The number of oxazole rings is 1. The van der Waals surface area contributed by atoms with Crippen molar-refractivity contribution in [3.63, 3.8) is 0 Å². The number of para-hydroxylation sites is 1. The van der Waals surface area contributed by atoms with Crippen molar-refractivity contribution < 1.29 is 35.5 Å². The van der Waals surface area contributed by atoms with Crippen LogP contribution in [0.2, 0.25) is 0 Å². The van der Waals surface area contributed by atoms with Gasteiger partial charge in [-0.2, -0.15) is 13.2 Å². The molecule has 0 radical (unpaired) electrons. The van der Waals surface area contributed by atoms with Gasteiger partial charge in [-0.05, 0) is 30.7 Å². The van der Waals surface area contributed by atoms with Crippen molar-refractivity contribution in [3.8, 4) is 28.6 Å². The van der Waals surface area contributed by atoms with Gasteiger partial charge in [0.15, 0.2) is 5.82 Å². The average molecular weight is 483 g/mol. The SMILES string of the molecule is Cc1oc(-c2nc3c(C(F)(F)F)cc(-c4ccccc4OC(F)(F)F)cc3[nH]2)nc1C(C)(C)C. The van der Waals surface area contributed by atoms with Crippen LogP contribution in [0.4, 0.5) is 26.3 Å². The van der Waals surface area contributed by atoms with E-state index in [1.807, 2.05) is 20.8 Å². The molecular formula is C23H19F6N3O2. The molecule has 1 N–H and O–H groups in total. The Morgan fingerprint density at radius 3 is 2.21 bits per heavy atom. The van der Waals surface area contributed by atoms with E-state index in [0.717, 1.165) is 12.1 Å². The molecule has 2 heterocycles. The molecule has 0 amide bonds. The van der Waals surface area contributed by atoms with E-state index in [1.165, 1.54) is 24.3 Å². The van der Waals surface area contributed by atoms with Crippen LogP contribution in [0.5, 0.6) is 5.75 Å². The highest BCUT2D eigenvalue weighted by molar-refractivity contribution is 5.88. The second-order valence-corrected chi connectivity index (χ2v) is 8.72. The summed E-state index contributed by atoms with van der Waals surface area (Å²) >= 11 is 0. The van der Waals surface area contributed by atoms with Gasteiger partial charge < -0.3 is 14.1 Å². The summed E-state index contributed by atoms with van der Waals surface area (Å²) in [6.45, 7) is 7.43. The third-order valence-electron chi connectivity index (χ3n) is 5.03. The lowest BCUT2D eigenvalue weighted by atomic mass is 9.91. The van der Waals surface area contributed by atoms with Crippen molar-refractivity contribution in [3.05, 3.63) is 53.4 Å². The topological polar surface area (TPSA) is 63.9 Å². The summed E-state index contributed by atoms with van der Waals surface area (Å²) in [5.41, 5.74) is -1.62. The molecule has 0 fully saturated rings. The third-order valence-corrected chi connectivity index (χ3v) is 5.03. The predicted molar refractivity (Wildman–Crippen MR) is 112 cm³/mol. The lowest BCUT2D eigenvalue weighted by molar-refractivity contribution is -0.274. The Bertz CT molecular complexity index is 1360. The molecule has 0 aliphatic rings. The fraction of sp³-hybridized carbons (Fsp3) is 0.304. The smallest absolute Gasteiger partial charge is 0.439 e. The molecule has 4 rings (SSSR count). The maximum absolute atomic E-state index is 13.9. The van der Waals surface area contributed by atoms with Crippen LogP contribution in [0.15, 0.2) is 40.8 Å². The Morgan fingerprint density at radius 2 is 1.62 bits per heavy atom. The van der Waals surface area contributed by atoms with E-state index in [1.54, 1.807) is 6.92 Å². The minimum Gasteiger partial charge on any atom is -0.439 e. The first-order valence-electron chi connectivity index (χ1n) is 10.1. The standard InChI is InChI=1S/C23H19F6N3O2/c1-11-18(21(2,3)4)32-20(33-11)19-30-15-10-12(9-14(17(15)31-19)22(24,25)26)13-7-5-6-8-16(13)34-23(27,28)29/h5-10H,1-4H3,(H,30,31). The van der Waals surface area contributed by atoms with Crippen LogP contribution >= 0.6 is 0 Å². The Labute approximate surface area is 189 Å². The van der Waals surface area contributed by atoms with Gasteiger partial charge in [0, 0.05) is 11.0 Å². The Kier molecular flexibility index (Phi) is 5.41. The van der Waals surface area contributed by atoms with E-state index in [-0.39, 0.29) is 33.8 Å². The molecular weight excluding hydrogens is 464 g/mol. The number of halogens is 6. The molecule has 0 saturated heterocycles. The van der Waals surface area contributed by atoms with Gasteiger partial charge in [0.1, 0.15) is 17.0 Å². The van der Waals surface area contributed by atoms with E-state index in [2.05, 4.69) is 19.7 Å². The van der Waals surface area contributed by atoms with Crippen molar-refractivity contribution in [2.45, 2.75) is 45.6 Å². The molecule has 180 valence electrons. The monoisotopic (exact) mass is 483 g/mol. The largest absolute Gasteiger partial charge is 0.573 e. The molecule has 2 aromatic carbocycles. The number of ether oxygens (including phenoxy) is 1. The van der Waals surface area contributed by atoms with Gasteiger partial charge >= 0.3 is 12.5 Å². The number of hydrogen-bond acceptors (Lipinski definition) is 4. The Balaban J connectivity index is 1.91. The summed E-state index contributed by atoms with van der Waals surface area (Å²) in [6.07, 6.45) is -9.84. The molecule has 34 heavy (non-hydrogen) atoms. The van der Waals surface area contributed by atoms with Gasteiger partial charge in [-0.1, -0.05) is 39.0 Å². The zero-order valence-corrected chi connectivity index (χ0v) is 18.4. The quantitative estimate of drug-likeness (QED) is 0.308. The maximum atomic E-state index is 13.9. The maximum Gasteiger partial charge on any atom is 0.573 e. The number of nitrogens with one attached hydrogen (secondary N) is 1. The Hall–Kier alpha value is -3.50. The lowest BCUT2D eigenvalue weighted by Crippen LogP contribution is -2.17. The lowest BCUT2D eigenvalue weighted by Gasteiger charge is -2.15. The van der Waals surface area contributed by atoms with E-state index in [0.29, 0.717) is 11.5 Å². The van der Waals surface area contributed by atoms with Gasteiger partial charge in [-0.3, -0.25) is 0 Å². The highest BCUT2D eigenvalue weighted by Crippen LogP contribution is 2.41. The molecule has 5 nitrogen and oxygen atoms in total. The highest BCUT2D eigenvalue weighted by Gasteiger charge is 2.36. The third kappa shape index (κ3) is 4.59. The number of aromatic amines is 1. The van der Waals surface area contributed by atoms with E-state index >= 15 is 0 Å². The first kappa shape index (κ1) is 23.7. The molecule has 11 heteroatoms. The Morgan fingerprint density at radius 1 is 0.941 bits per heavy atom. The van der Waals surface area contributed by atoms with Gasteiger partial charge in [0.25, 0.3) is 5.89 Å². The molecule has 0 unspecified atom stereocenters. The van der Waals surface area contributed by atoms with Crippen LogP contribution in [0.1, 0.15) is 37.8 Å². The zero-order valence-electron chi connectivity index (χ0n) is 18.4. The zero-order chi connectivity index (χ0) is 25.1. The highest BCUT2D eigenvalue weighted by atomic mass is 19.4. The van der Waals surface area contributed by atoms with Gasteiger partial charge in [-0.25, -0.2) is 9.97 Å². The van der Waals surface area contributed by atoms with Crippen molar-refractivity contribution >= 4 is 11.0 Å². The summed E-state index contributed by atoms with van der Waals surface area (Å²) in [5.74, 6) is -0.150. The summed E-state index contributed by atoms with van der Waals surface area (Å²) in [4.78, 5) is 11.2. The fourth-order valence-corrected chi connectivity index (χ4v) is 3.70. The molecule has 0 atom stereocenters. The summed E-state index contributed by atoms with van der Waals surface area (Å²) < 4.78 is 89.9. The number of hydrogen-bond donors (Lipinski definition) is 1. The number of aromatic nitrogens is 3. The second-order valence-electron chi connectivity index (χ2n) is 8.72. The summed E-state index contributed by atoms with van der Waals surface area (Å²) in [5, 5.41) is 0. The summed E-state index contributed by atoms with van der Waals surface area (Å²) in [6, 6.07) is 6.99. The van der Waals surface area contributed by atoms with Crippen LogP contribution in [-0.2, 0) is 11.6 Å². The van der Waals surface area contributed by atoms with Gasteiger partial charge in [0.2, 0.25) is 0 Å². The number of nitrogens with zero attached hydrogens (tertiary/aromatic N) is 2. The van der Waals surface area contributed by atoms with Gasteiger partial charge in [-0.15, -0.1) is 13.2 Å². The van der Waals surface area contributed by atoms with Crippen molar-refractivity contribution in [2.75, 3.05) is 0 Å². The van der Waals surface area contributed by atoms with Crippen LogP contribution in [0.25, 0.3) is 33.9 Å². The van der Waals surface area contributed by atoms with Crippen LogP contribution < -0.4 is 4.74 Å². The van der Waals surface area contributed by atoms with Crippen molar-refractivity contribution in [1.29, 1.82) is 0 Å². The second kappa shape index (κ2) is 7.78. The normalized spacial score (nSPS) is 13.0. The first-order chi connectivity index (χ1) is 15.6. The van der Waals surface area contributed by atoms with Gasteiger partial charge in [0.05, 0.1) is 16.8 Å². The van der Waals surface area contributed by atoms with Crippen LogP contribution in [-0.4, -0.2) is 21.3 Å². The predicted octanol–water partition coefficient (Wildman–Crippen LogP) is 7.41. The first-order valence-corrected chi connectivity index (χ1v) is 10.1. The molecule has 0 saturated carbocycles. The molecule has 2 aromatic heterocycles. The number of rotatable bonds is 3. The fourth-order valence-electron chi connectivity index (χ4n) is 3.70. The molecule has 0 aliphatic carbocycles. The number of alkyl halides is 6. The van der Waals surface area contributed by atoms with E-state index in [9.17, 15) is 26.3 Å². The minimum absolute atomic E-state index is 0.00843. The van der Waals surface area contributed by atoms with Crippen molar-refractivity contribution in [2.24, 2.45) is 0 Å². The number of fused-ring (bicyclic) bond motifs is 1. The van der Waals surface area contributed by atoms with Crippen LogP contribution in [0, 0.1) is 6.92 Å². The number of H-pyrrole nitrogens is 1. The van der Waals surface area contributed by atoms with E-state index < -0.39 is 29.4 Å². The molecule has 0 spiro atoms. The molecule has 0 bridgehead atoms. The number of benzene rings is 2. The average Bonchev–Trinajstić information content (AvgIpc) is 3.28. The molecule has 4 aromatic rings. The van der Waals surface area contributed by atoms with E-state index in [4.69, 9.17) is 4.42 Å². The summed E-state index contributed by atoms with van der Waals surface area (Å²) in [7, 11) is 0. The number of imidazole rings is 1. The van der Waals surface area contributed by atoms with Crippen LogP contribution in [0.3, 0.4) is 0 Å². The minimum atomic E-state index is -5.01.